The van der Waals surface area contributed by atoms with E-state index in [0.29, 0.717) is 17.3 Å². The molecule has 3 rings (SSSR count). The minimum atomic E-state index is -0.108. The predicted molar refractivity (Wildman–Crippen MR) is 73.1 cm³/mol. The monoisotopic (exact) mass is 272 g/mol. The molecule has 0 aliphatic carbocycles. The molecule has 104 valence electrons. The maximum absolute atomic E-state index is 12.4. The molecule has 1 N–H and O–H groups in total. The van der Waals surface area contributed by atoms with Gasteiger partial charge in [-0.25, -0.2) is 4.68 Å². The normalized spacial score (nSPS) is 14.9. The lowest BCUT2D eigenvalue weighted by Crippen LogP contribution is -2.43. The van der Waals surface area contributed by atoms with Crippen molar-refractivity contribution < 1.29 is 9.53 Å². The van der Waals surface area contributed by atoms with Crippen molar-refractivity contribution in [3.63, 3.8) is 0 Å². The van der Waals surface area contributed by atoms with Crippen LogP contribution < -0.4 is 10.1 Å². The molecule has 1 fully saturated rings. The molecular weight excluding hydrogens is 256 g/mol. The van der Waals surface area contributed by atoms with Crippen LogP contribution in [-0.2, 0) is 0 Å². The van der Waals surface area contributed by atoms with E-state index in [0.717, 1.165) is 24.4 Å². The lowest BCUT2D eigenvalue weighted by Gasteiger charge is -2.26. The molecule has 1 aliphatic heterocycles. The fraction of sp³-hybridized carbons (Fsp3) is 0.357. The van der Waals surface area contributed by atoms with Crippen LogP contribution in [0.1, 0.15) is 27.7 Å². The van der Waals surface area contributed by atoms with Gasteiger partial charge < -0.3 is 10.1 Å². The third-order valence-electron chi connectivity index (χ3n) is 3.56. The first-order chi connectivity index (χ1) is 9.69. The SMILES string of the molecule is COc1ccc(C(=O)c2cn(C3CNC3)nn2)c(C)c1. The summed E-state index contributed by atoms with van der Waals surface area (Å²) in [5.74, 6) is 0.631. The second-order valence-electron chi connectivity index (χ2n) is 4.91. The molecule has 1 saturated heterocycles. The quantitative estimate of drug-likeness (QED) is 0.840. The zero-order valence-corrected chi connectivity index (χ0v) is 11.5. The number of carbonyl (C=O) groups is 1. The summed E-state index contributed by atoms with van der Waals surface area (Å²) in [6, 6.07) is 5.69. The van der Waals surface area contributed by atoms with Crippen LogP contribution in [0.5, 0.6) is 5.75 Å². The second kappa shape index (κ2) is 5.05. The van der Waals surface area contributed by atoms with Gasteiger partial charge in [-0.3, -0.25) is 4.79 Å². The van der Waals surface area contributed by atoms with Gasteiger partial charge in [0, 0.05) is 18.7 Å². The van der Waals surface area contributed by atoms with Gasteiger partial charge in [-0.15, -0.1) is 5.10 Å². The number of carbonyl (C=O) groups excluding carboxylic acids is 1. The zero-order valence-electron chi connectivity index (χ0n) is 11.5. The topological polar surface area (TPSA) is 69.0 Å². The molecule has 0 spiro atoms. The Morgan fingerprint density at radius 1 is 1.45 bits per heavy atom. The first-order valence-corrected chi connectivity index (χ1v) is 6.51. The van der Waals surface area contributed by atoms with Gasteiger partial charge in [-0.05, 0) is 30.7 Å². The number of hydrogen-bond donors (Lipinski definition) is 1. The van der Waals surface area contributed by atoms with E-state index >= 15 is 0 Å². The average molecular weight is 272 g/mol. The molecule has 0 atom stereocenters. The molecule has 20 heavy (non-hydrogen) atoms. The molecular formula is C14H16N4O2. The Morgan fingerprint density at radius 3 is 2.85 bits per heavy atom. The van der Waals surface area contributed by atoms with Gasteiger partial charge in [0.15, 0.2) is 5.69 Å². The van der Waals surface area contributed by atoms with Gasteiger partial charge in [0.2, 0.25) is 5.78 Å². The maximum Gasteiger partial charge on any atom is 0.215 e. The summed E-state index contributed by atoms with van der Waals surface area (Å²) in [6.07, 6.45) is 1.72. The smallest absolute Gasteiger partial charge is 0.215 e. The fourth-order valence-electron chi connectivity index (χ4n) is 2.18. The summed E-state index contributed by atoms with van der Waals surface area (Å²) >= 11 is 0. The molecule has 2 heterocycles. The second-order valence-corrected chi connectivity index (χ2v) is 4.91. The van der Waals surface area contributed by atoms with Gasteiger partial charge in [-0.1, -0.05) is 5.21 Å². The molecule has 0 radical (unpaired) electrons. The Morgan fingerprint density at radius 2 is 2.25 bits per heavy atom. The number of aryl methyl sites for hydroxylation is 1. The van der Waals surface area contributed by atoms with Crippen LogP contribution in [0.3, 0.4) is 0 Å². The minimum absolute atomic E-state index is 0.108. The highest BCUT2D eigenvalue weighted by atomic mass is 16.5. The summed E-state index contributed by atoms with van der Waals surface area (Å²) in [7, 11) is 1.61. The van der Waals surface area contributed by atoms with E-state index in [1.54, 1.807) is 30.1 Å². The highest BCUT2D eigenvalue weighted by Crippen LogP contribution is 2.19. The van der Waals surface area contributed by atoms with E-state index in [4.69, 9.17) is 4.74 Å². The molecule has 0 saturated carbocycles. The molecule has 1 aromatic carbocycles. The van der Waals surface area contributed by atoms with Gasteiger partial charge in [0.1, 0.15) is 5.75 Å². The van der Waals surface area contributed by atoms with Crippen molar-refractivity contribution in [2.24, 2.45) is 0 Å². The van der Waals surface area contributed by atoms with Crippen LogP contribution in [0.2, 0.25) is 0 Å². The molecule has 1 aliphatic rings. The van der Waals surface area contributed by atoms with Crippen molar-refractivity contribution in [2.75, 3.05) is 20.2 Å². The highest BCUT2D eigenvalue weighted by molar-refractivity contribution is 6.08. The number of ether oxygens (including phenoxy) is 1. The third kappa shape index (κ3) is 2.18. The van der Waals surface area contributed by atoms with Crippen LogP contribution in [0, 0.1) is 6.92 Å². The largest absolute Gasteiger partial charge is 0.497 e. The third-order valence-corrected chi connectivity index (χ3v) is 3.56. The predicted octanol–water partition coefficient (Wildman–Crippen LogP) is 0.970. The molecule has 2 aromatic rings. The summed E-state index contributed by atoms with van der Waals surface area (Å²) in [5.41, 5.74) is 1.88. The standard InChI is InChI=1S/C14H16N4O2/c1-9-5-11(20-2)3-4-12(9)14(19)13-8-18(17-16-13)10-6-15-7-10/h3-5,8,10,15H,6-7H2,1-2H3. The van der Waals surface area contributed by atoms with Crippen molar-refractivity contribution in [3.05, 3.63) is 41.2 Å². The Bertz CT molecular complexity index is 646. The summed E-state index contributed by atoms with van der Waals surface area (Å²) < 4.78 is 6.90. The molecule has 0 unspecified atom stereocenters. The Balaban J connectivity index is 1.86. The number of hydrogen-bond acceptors (Lipinski definition) is 5. The number of aromatic nitrogens is 3. The van der Waals surface area contributed by atoms with E-state index in [1.807, 2.05) is 13.0 Å². The van der Waals surface area contributed by atoms with E-state index in [1.165, 1.54) is 0 Å². The number of nitrogens with zero attached hydrogens (tertiary/aromatic N) is 3. The van der Waals surface area contributed by atoms with Crippen molar-refractivity contribution in [1.29, 1.82) is 0 Å². The van der Waals surface area contributed by atoms with E-state index in [9.17, 15) is 4.79 Å². The van der Waals surface area contributed by atoms with Crippen LogP contribution in [0.4, 0.5) is 0 Å². The zero-order chi connectivity index (χ0) is 14.1. The van der Waals surface area contributed by atoms with Gasteiger partial charge in [-0.2, -0.15) is 0 Å². The first kappa shape index (κ1) is 12.8. The summed E-state index contributed by atoms with van der Waals surface area (Å²) in [6.45, 7) is 3.63. The number of rotatable bonds is 4. The average Bonchev–Trinajstić information content (AvgIpc) is 2.85. The molecule has 6 nitrogen and oxygen atoms in total. The van der Waals surface area contributed by atoms with Gasteiger partial charge in [0.25, 0.3) is 0 Å². The Labute approximate surface area is 116 Å². The maximum atomic E-state index is 12.4. The first-order valence-electron chi connectivity index (χ1n) is 6.51. The minimum Gasteiger partial charge on any atom is -0.497 e. The van der Waals surface area contributed by atoms with E-state index < -0.39 is 0 Å². The molecule has 0 bridgehead atoms. The lowest BCUT2D eigenvalue weighted by atomic mass is 10.0. The van der Waals surface area contributed by atoms with Gasteiger partial charge >= 0.3 is 0 Å². The van der Waals surface area contributed by atoms with E-state index in [2.05, 4.69) is 15.6 Å². The highest BCUT2D eigenvalue weighted by Gasteiger charge is 2.22. The van der Waals surface area contributed by atoms with E-state index in [-0.39, 0.29) is 5.78 Å². The van der Waals surface area contributed by atoms with Crippen molar-refractivity contribution in [1.82, 2.24) is 20.3 Å². The molecule has 1 aromatic heterocycles. The number of nitrogens with one attached hydrogen (secondary N) is 1. The molecule has 6 heteroatoms. The van der Waals surface area contributed by atoms with Crippen LogP contribution in [-0.4, -0.2) is 41.0 Å². The number of benzene rings is 1. The Kier molecular flexibility index (Phi) is 3.23. The fourth-order valence-corrected chi connectivity index (χ4v) is 2.18. The van der Waals surface area contributed by atoms with Crippen LogP contribution in [0.25, 0.3) is 0 Å². The van der Waals surface area contributed by atoms with Crippen molar-refractivity contribution >= 4 is 5.78 Å². The van der Waals surface area contributed by atoms with Crippen molar-refractivity contribution in [3.8, 4) is 5.75 Å². The van der Waals surface area contributed by atoms with Gasteiger partial charge in [0.05, 0.1) is 19.3 Å². The number of ketones is 1. The molecule has 0 amide bonds. The summed E-state index contributed by atoms with van der Waals surface area (Å²) in [5, 5.41) is 11.2. The Hall–Kier alpha value is -2.21. The van der Waals surface area contributed by atoms with Crippen LogP contribution in [0.15, 0.2) is 24.4 Å². The van der Waals surface area contributed by atoms with Crippen molar-refractivity contribution in [2.45, 2.75) is 13.0 Å². The van der Waals surface area contributed by atoms with Crippen LogP contribution >= 0.6 is 0 Å². The lowest BCUT2D eigenvalue weighted by molar-refractivity contribution is 0.103. The number of methoxy groups -OCH3 is 1. The summed E-state index contributed by atoms with van der Waals surface area (Å²) in [4.78, 5) is 12.4.